The van der Waals surface area contributed by atoms with Gasteiger partial charge in [0.05, 0.1) is 6.10 Å². The molecule has 1 atom stereocenters. The Balaban J connectivity index is 2.36. The second kappa shape index (κ2) is 4.17. The Morgan fingerprint density at radius 1 is 1.21 bits per heavy atom. The molecule has 1 fully saturated rings. The summed E-state index contributed by atoms with van der Waals surface area (Å²) < 4.78 is -0.124. The van der Waals surface area contributed by atoms with Gasteiger partial charge in [-0.05, 0) is 12.5 Å². The second-order valence-corrected chi connectivity index (χ2v) is 6.35. The Kier molecular flexibility index (Phi) is 3.10. The molecule has 1 aromatic carbocycles. The molecular formula is C11H14OS2. The molecule has 0 bridgehead atoms. The van der Waals surface area contributed by atoms with E-state index in [0.717, 1.165) is 11.5 Å². The molecule has 2 rings (SSSR count). The van der Waals surface area contributed by atoms with Crippen molar-refractivity contribution in [2.24, 2.45) is 0 Å². The minimum Gasteiger partial charge on any atom is -0.391 e. The Labute approximate surface area is 93.3 Å². The fraction of sp³-hybridized carbons (Fsp3) is 0.455. The normalized spacial score (nSPS) is 22.1. The lowest BCUT2D eigenvalue weighted by Crippen LogP contribution is -2.28. The molecule has 76 valence electrons. The first-order chi connectivity index (χ1) is 6.76. The van der Waals surface area contributed by atoms with Crippen molar-refractivity contribution in [3.63, 3.8) is 0 Å². The molecule has 0 spiro atoms. The van der Waals surface area contributed by atoms with Crippen molar-refractivity contribution in [1.82, 2.24) is 0 Å². The molecule has 14 heavy (non-hydrogen) atoms. The van der Waals surface area contributed by atoms with Gasteiger partial charge >= 0.3 is 0 Å². The highest BCUT2D eigenvalue weighted by atomic mass is 32.2. The first-order valence-electron chi connectivity index (χ1n) is 4.77. The number of hydrogen-bond donors (Lipinski definition) is 1. The molecular weight excluding hydrogens is 212 g/mol. The number of aliphatic hydroxyl groups is 1. The molecule has 0 aliphatic carbocycles. The van der Waals surface area contributed by atoms with Gasteiger partial charge in [0, 0.05) is 11.5 Å². The van der Waals surface area contributed by atoms with E-state index in [2.05, 4.69) is 12.1 Å². The molecule has 1 aliphatic rings. The van der Waals surface area contributed by atoms with Crippen LogP contribution < -0.4 is 0 Å². The van der Waals surface area contributed by atoms with Crippen molar-refractivity contribution in [2.45, 2.75) is 17.1 Å². The van der Waals surface area contributed by atoms with Gasteiger partial charge in [-0.3, -0.25) is 0 Å². The van der Waals surface area contributed by atoms with Gasteiger partial charge < -0.3 is 5.11 Å². The quantitative estimate of drug-likeness (QED) is 0.837. The van der Waals surface area contributed by atoms with Crippen molar-refractivity contribution >= 4 is 23.5 Å². The minimum absolute atomic E-state index is 0.124. The zero-order valence-corrected chi connectivity index (χ0v) is 9.78. The summed E-state index contributed by atoms with van der Waals surface area (Å²) in [6.07, 6.45) is -0.303. The van der Waals surface area contributed by atoms with Gasteiger partial charge in [-0.1, -0.05) is 30.3 Å². The smallest absolute Gasteiger partial charge is 0.112 e. The number of hydrogen-bond acceptors (Lipinski definition) is 3. The molecule has 1 unspecified atom stereocenters. The Hall–Kier alpha value is -0.120. The number of aliphatic hydroxyl groups excluding tert-OH is 1. The van der Waals surface area contributed by atoms with Crippen molar-refractivity contribution in [3.8, 4) is 0 Å². The van der Waals surface area contributed by atoms with Gasteiger partial charge in [-0.25, -0.2) is 0 Å². The van der Waals surface area contributed by atoms with Crippen LogP contribution in [0.25, 0.3) is 0 Å². The fourth-order valence-electron chi connectivity index (χ4n) is 1.75. The molecule has 1 nitrogen and oxygen atoms in total. The van der Waals surface area contributed by atoms with Gasteiger partial charge in [-0.15, -0.1) is 23.5 Å². The van der Waals surface area contributed by atoms with Crippen LogP contribution in [-0.4, -0.2) is 22.7 Å². The summed E-state index contributed by atoms with van der Waals surface area (Å²) >= 11 is 3.73. The van der Waals surface area contributed by atoms with Crippen LogP contribution in [0.15, 0.2) is 30.3 Å². The van der Waals surface area contributed by atoms with Crippen LogP contribution in [0.4, 0.5) is 0 Å². The monoisotopic (exact) mass is 226 g/mol. The predicted octanol–water partition coefficient (Wildman–Crippen LogP) is 2.70. The van der Waals surface area contributed by atoms with E-state index >= 15 is 0 Å². The van der Waals surface area contributed by atoms with E-state index in [9.17, 15) is 5.11 Å². The van der Waals surface area contributed by atoms with Crippen LogP contribution in [0, 0.1) is 0 Å². The third-order valence-corrected chi connectivity index (χ3v) is 6.24. The average Bonchev–Trinajstić information content (AvgIpc) is 2.69. The standard InChI is InChI=1S/C11H14OS2/c1-9(12)11(13-7-8-14-11)10-5-3-2-4-6-10/h2-6,9,12H,7-8H2,1H3. The van der Waals surface area contributed by atoms with Gasteiger partial charge in [-0.2, -0.15) is 0 Å². The molecule has 1 saturated heterocycles. The highest BCUT2D eigenvalue weighted by Crippen LogP contribution is 2.53. The van der Waals surface area contributed by atoms with Crippen LogP contribution in [-0.2, 0) is 4.08 Å². The van der Waals surface area contributed by atoms with Crippen LogP contribution in [0.1, 0.15) is 12.5 Å². The van der Waals surface area contributed by atoms with Gasteiger partial charge in [0.1, 0.15) is 4.08 Å². The summed E-state index contributed by atoms with van der Waals surface area (Å²) in [5, 5.41) is 9.91. The molecule has 0 radical (unpaired) electrons. The summed E-state index contributed by atoms with van der Waals surface area (Å²) in [6, 6.07) is 10.3. The van der Waals surface area contributed by atoms with Crippen LogP contribution >= 0.6 is 23.5 Å². The number of benzene rings is 1. The highest BCUT2D eigenvalue weighted by Gasteiger charge is 2.41. The lowest BCUT2D eigenvalue weighted by Gasteiger charge is -2.30. The zero-order valence-electron chi connectivity index (χ0n) is 8.14. The van der Waals surface area contributed by atoms with Crippen LogP contribution in [0.2, 0.25) is 0 Å². The van der Waals surface area contributed by atoms with E-state index < -0.39 is 0 Å². The summed E-state index contributed by atoms with van der Waals surface area (Å²) in [5.41, 5.74) is 1.24. The number of rotatable bonds is 2. The summed E-state index contributed by atoms with van der Waals surface area (Å²) in [4.78, 5) is 0. The molecule has 0 saturated carbocycles. The van der Waals surface area contributed by atoms with Crippen molar-refractivity contribution in [3.05, 3.63) is 35.9 Å². The fourth-order valence-corrected chi connectivity index (χ4v) is 4.94. The van der Waals surface area contributed by atoms with E-state index in [4.69, 9.17) is 0 Å². The Bertz CT molecular complexity index is 291. The lowest BCUT2D eigenvalue weighted by molar-refractivity contribution is 0.181. The predicted molar refractivity (Wildman–Crippen MR) is 64.7 cm³/mol. The van der Waals surface area contributed by atoms with Crippen molar-refractivity contribution in [2.75, 3.05) is 11.5 Å². The topological polar surface area (TPSA) is 20.2 Å². The van der Waals surface area contributed by atoms with Gasteiger partial charge in [0.25, 0.3) is 0 Å². The lowest BCUT2D eigenvalue weighted by atomic mass is 10.1. The third kappa shape index (κ3) is 1.69. The van der Waals surface area contributed by atoms with E-state index in [1.54, 1.807) is 0 Å². The van der Waals surface area contributed by atoms with E-state index in [1.165, 1.54) is 5.56 Å². The summed E-state index contributed by atoms with van der Waals surface area (Å²) in [6.45, 7) is 1.89. The minimum atomic E-state index is -0.303. The summed E-state index contributed by atoms with van der Waals surface area (Å²) in [7, 11) is 0. The maximum atomic E-state index is 9.91. The maximum absolute atomic E-state index is 9.91. The van der Waals surface area contributed by atoms with Gasteiger partial charge in [0.2, 0.25) is 0 Å². The maximum Gasteiger partial charge on any atom is 0.112 e. The Morgan fingerprint density at radius 3 is 2.29 bits per heavy atom. The second-order valence-electron chi connectivity index (χ2n) is 3.41. The zero-order chi connectivity index (χ0) is 10.0. The largest absolute Gasteiger partial charge is 0.391 e. The van der Waals surface area contributed by atoms with Gasteiger partial charge in [0.15, 0.2) is 0 Å². The molecule has 1 aliphatic heterocycles. The van der Waals surface area contributed by atoms with Crippen LogP contribution in [0.3, 0.4) is 0 Å². The molecule has 1 heterocycles. The van der Waals surface area contributed by atoms with Crippen molar-refractivity contribution < 1.29 is 5.11 Å². The van der Waals surface area contributed by atoms with E-state index in [0.29, 0.717) is 0 Å². The Morgan fingerprint density at radius 2 is 1.79 bits per heavy atom. The molecule has 0 amide bonds. The summed E-state index contributed by atoms with van der Waals surface area (Å²) in [5.74, 6) is 2.26. The van der Waals surface area contributed by atoms with E-state index in [1.807, 2.05) is 48.6 Å². The average molecular weight is 226 g/mol. The molecule has 1 aromatic rings. The van der Waals surface area contributed by atoms with Crippen LogP contribution in [0.5, 0.6) is 0 Å². The van der Waals surface area contributed by atoms with E-state index in [-0.39, 0.29) is 10.2 Å². The molecule has 3 heteroatoms. The third-order valence-electron chi connectivity index (χ3n) is 2.44. The first-order valence-corrected chi connectivity index (χ1v) is 6.74. The molecule has 1 N–H and O–H groups in total. The SMILES string of the molecule is CC(O)C1(c2ccccc2)SCCS1. The van der Waals surface area contributed by atoms with Crippen molar-refractivity contribution in [1.29, 1.82) is 0 Å². The number of thioether (sulfide) groups is 2. The molecule has 0 aromatic heterocycles. The highest BCUT2D eigenvalue weighted by molar-refractivity contribution is 8.20. The first kappa shape index (κ1) is 10.4.